The molecule has 0 aliphatic heterocycles. The Morgan fingerprint density at radius 1 is 0.900 bits per heavy atom. The van der Waals surface area contributed by atoms with Gasteiger partial charge in [-0.15, -0.1) is 0 Å². The molecule has 0 heterocycles. The molecule has 0 aliphatic rings. The molecule has 0 unspecified atom stereocenters. The molecule has 0 spiro atoms. The Labute approximate surface area is 191 Å². The first-order chi connectivity index (χ1) is 14.4. The zero-order valence-corrected chi connectivity index (χ0v) is 19.0. The maximum atomic E-state index is 12.5. The van der Waals surface area contributed by atoms with Gasteiger partial charge in [0.05, 0.1) is 0 Å². The number of carboxylic acid groups (broad SMARTS) is 1. The van der Waals surface area contributed by atoms with Crippen molar-refractivity contribution in [3.8, 4) is 5.75 Å². The van der Waals surface area contributed by atoms with E-state index >= 15 is 0 Å². The van der Waals surface area contributed by atoms with Crippen molar-refractivity contribution in [2.24, 2.45) is 0 Å². The highest BCUT2D eigenvalue weighted by Crippen LogP contribution is 2.20. The topological polar surface area (TPSA) is 75.6 Å². The molecular weight excluding hydrogens is 514 g/mol. The molecule has 5 nitrogen and oxygen atoms in total. The van der Waals surface area contributed by atoms with Crippen LogP contribution in [0.4, 0.5) is 0 Å². The molecular formula is C23H19Br2NO4. The molecule has 3 aromatic rings. The van der Waals surface area contributed by atoms with Crippen LogP contribution in [0.25, 0.3) is 0 Å². The zero-order valence-electron chi connectivity index (χ0n) is 15.8. The third-order valence-corrected chi connectivity index (χ3v) is 5.26. The average molecular weight is 533 g/mol. The number of amides is 1. The fourth-order valence-electron chi connectivity index (χ4n) is 2.82. The van der Waals surface area contributed by atoms with Crippen molar-refractivity contribution in [3.63, 3.8) is 0 Å². The highest BCUT2D eigenvalue weighted by atomic mass is 79.9. The molecule has 3 aromatic carbocycles. The molecule has 7 heteroatoms. The molecule has 3 rings (SSSR count). The first kappa shape index (κ1) is 22.1. The minimum absolute atomic E-state index is 0.162. The average Bonchev–Trinajstić information content (AvgIpc) is 2.72. The molecule has 154 valence electrons. The Morgan fingerprint density at radius 2 is 1.53 bits per heavy atom. The van der Waals surface area contributed by atoms with Crippen LogP contribution in [-0.4, -0.2) is 23.0 Å². The minimum atomic E-state index is -1.10. The van der Waals surface area contributed by atoms with E-state index in [1.54, 1.807) is 42.5 Å². The molecule has 0 saturated carbocycles. The fraction of sp³-hybridized carbons (Fsp3) is 0.130. The Hall–Kier alpha value is -2.64. The normalized spacial score (nSPS) is 11.5. The Morgan fingerprint density at radius 3 is 2.13 bits per heavy atom. The number of carbonyl (C=O) groups is 2. The van der Waals surface area contributed by atoms with Crippen LogP contribution in [0.1, 0.15) is 21.5 Å². The summed E-state index contributed by atoms with van der Waals surface area (Å²) in [5, 5.41) is 12.1. The molecule has 0 aromatic heterocycles. The van der Waals surface area contributed by atoms with Gasteiger partial charge in [0.15, 0.2) is 0 Å². The van der Waals surface area contributed by atoms with Crippen LogP contribution < -0.4 is 10.1 Å². The van der Waals surface area contributed by atoms with E-state index in [-0.39, 0.29) is 6.42 Å². The Bertz CT molecular complexity index is 1000. The molecule has 0 saturated heterocycles. The van der Waals surface area contributed by atoms with Crippen LogP contribution in [0.3, 0.4) is 0 Å². The summed E-state index contributed by atoms with van der Waals surface area (Å²) < 4.78 is 7.19. The second-order valence-electron chi connectivity index (χ2n) is 6.64. The summed E-state index contributed by atoms with van der Waals surface area (Å²) in [5.74, 6) is -0.855. The highest BCUT2D eigenvalue weighted by Gasteiger charge is 2.21. The van der Waals surface area contributed by atoms with Gasteiger partial charge in [0.25, 0.3) is 5.91 Å². The van der Waals surface area contributed by atoms with Gasteiger partial charge in [0.2, 0.25) is 0 Å². The second-order valence-corrected chi connectivity index (χ2v) is 8.48. The quantitative estimate of drug-likeness (QED) is 0.417. The fourth-order valence-corrected chi connectivity index (χ4v) is 4.12. The van der Waals surface area contributed by atoms with Gasteiger partial charge in [-0.2, -0.15) is 0 Å². The van der Waals surface area contributed by atoms with Crippen molar-refractivity contribution in [3.05, 3.63) is 98.4 Å². The predicted octanol–water partition coefficient (Wildman–Crippen LogP) is 5.22. The smallest absolute Gasteiger partial charge is 0.326 e. The van der Waals surface area contributed by atoms with Gasteiger partial charge in [-0.25, -0.2) is 4.79 Å². The largest absolute Gasteiger partial charge is 0.489 e. The van der Waals surface area contributed by atoms with Crippen molar-refractivity contribution in [1.29, 1.82) is 0 Å². The predicted molar refractivity (Wildman–Crippen MR) is 122 cm³/mol. The van der Waals surface area contributed by atoms with E-state index in [1.807, 2.05) is 30.3 Å². The van der Waals surface area contributed by atoms with Crippen LogP contribution in [0.5, 0.6) is 5.75 Å². The first-order valence-electron chi connectivity index (χ1n) is 9.16. The second kappa shape index (κ2) is 10.4. The van der Waals surface area contributed by atoms with Gasteiger partial charge in [-0.3, -0.25) is 4.79 Å². The monoisotopic (exact) mass is 531 g/mol. The Kier molecular flexibility index (Phi) is 7.65. The number of halogens is 2. The van der Waals surface area contributed by atoms with Gasteiger partial charge in [0.1, 0.15) is 18.4 Å². The van der Waals surface area contributed by atoms with Gasteiger partial charge >= 0.3 is 5.97 Å². The van der Waals surface area contributed by atoms with Gasteiger partial charge in [-0.1, -0.05) is 74.3 Å². The number of nitrogens with one attached hydrogen (secondary N) is 1. The van der Waals surface area contributed by atoms with Gasteiger partial charge in [-0.05, 0) is 41.5 Å². The van der Waals surface area contributed by atoms with Crippen molar-refractivity contribution >= 4 is 43.7 Å². The van der Waals surface area contributed by atoms with Crippen LogP contribution in [0.2, 0.25) is 0 Å². The summed E-state index contributed by atoms with van der Waals surface area (Å²) in [7, 11) is 0. The van der Waals surface area contributed by atoms with Crippen LogP contribution in [-0.2, 0) is 17.8 Å². The van der Waals surface area contributed by atoms with E-state index in [1.165, 1.54) is 0 Å². The third kappa shape index (κ3) is 6.43. The SMILES string of the molecule is O=C(N[C@@H](Cc1ccc(OCc2ccccc2)cc1)C(=O)O)c1cc(Br)cc(Br)c1. The summed E-state index contributed by atoms with van der Waals surface area (Å²) in [6, 6.07) is 21.0. The number of hydrogen-bond acceptors (Lipinski definition) is 3. The molecule has 1 atom stereocenters. The Balaban J connectivity index is 1.62. The number of carboxylic acids is 1. The van der Waals surface area contributed by atoms with E-state index < -0.39 is 17.9 Å². The molecule has 0 fully saturated rings. The lowest BCUT2D eigenvalue weighted by atomic mass is 10.1. The summed E-state index contributed by atoms with van der Waals surface area (Å²) in [5.41, 5.74) is 2.21. The number of aliphatic carboxylic acids is 1. The minimum Gasteiger partial charge on any atom is -0.489 e. The van der Waals surface area contributed by atoms with Crippen LogP contribution in [0.15, 0.2) is 81.7 Å². The van der Waals surface area contributed by atoms with Crippen LogP contribution >= 0.6 is 31.9 Å². The number of hydrogen-bond donors (Lipinski definition) is 2. The van der Waals surface area contributed by atoms with Crippen molar-refractivity contribution in [2.75, 3.05) is 0 Å². The van der Waals surface area contributed by atoms with Crippen LogP contribution in [0, 0.1) is 0 Å². The lowest BCUT2D eigenvalue weighted by molar-refractivity contribution is -0.139. The number of benzene rings is 3. The summed E-state index contributed by atoms with van der Waals surface area (Å²) >= 11 is 6.65. The van der Waals surface area contributed by atoms with Gasteiger partial charge < -0.3 is 15.2 Å². The van der Waals surface area contributed by atoms with Crippen molar-refractivity contribution < 1.29 is 19.4 Å². The molecule has 2 N–H and O–H groups in total. The molecule has 0 aliphatic carbocycles. The maximum Gasteiger partial charge on any atom is 0.326 e. The summed E-state index contributed by atoms with van der Waals surface area (Å²) in [4.78, 5) is 24.2. The zero-order chi connectivity index (χ0) is 21.5. The maximum absolute atomic E-state index is 12.5. The molecule has 1 amide bonds. The standard InChI is InChI=1S/C23H19Br2NO4/c24-18-11-17(12-19(25)13-18)22(27)26-21(23(28)29)10-15-6-8-20(9-7-15)30-14-16-4-2-1-3-5-16/h1-9,11-13,21H,10,14H2,(H,26,27)(H,28,29)/t21-/m0/s1. The van der Waals surface area contributed by atoms with E-state index in [0.717, 1.165) is 20.1 Å². The van der Waals surface area contributed by atoms with E-state index in [9.17, 15) is 14.7 Å². The lowest BCUT2D eigenvalue weighted by Gasteiger charge is -2.15. The van der Waals surface area contributed by atoms with Gasteiger partial charge in [0, 0.05) is 20.9 Å². The highest BCUT2D eigenvalue weighted by molar-refractivity contribution is 9.11. The van der Waals surface area contributed by atoms with E-state index in [2.05, 4.69) is 37.2 Å². The lowest BCUT2D eigenvalue weighted by Crippen LogP contribution is -2.42. The summed E-state index contributed by atoms with van der Waals surface area (Å²) in [6.07, 6.45) is 0.162. The third-order valence-electron chi connectivity index (χ3n) is 4.34. The van der Waals surface area contributed by atoms with Crippen molar-refractivity contribution in [1.82, 2.24) is 5.32 Å². The number of carbonyl (C=O) groups excluding carboxylic acids is 1. The molecule has 0 bridgehead atoms. The number of rotatable bonds is 8. The van der Waals surface area contributed by atoms with Crippen molar-refractivity contribution in [2.45, 2.75) is 19.1 Å². The molecule has 30 heavy (non-hydrogen) atoms. The van der Waals surface area contributed by atoms with E-state index in [4.69, 9.17) is 4.74 Å². The number of ether oxygens (including phenoxy) is 1. The first-order valence-corrected chi connectivity index (χ1v) is 10.7. The summed E-state index contributed by atoms with van der Waals surface area (Å²) in [6.45, 7) is 0.455. The van der Waals surface area contributed by atoms with E-state index in [0.29, 0.717) is 17.9 Å². The molecule has 0 radical (unpaired) electrons.